The summed E-state index contributed by atoms with van der Waals surface area (Å²) < 4.78 is 0. The molecule has 1 saturated heterocycles. The number of nitrogens with one attached hydrogen (secondary N) is 1. The van der Waals surface area contributed by atoms with Crippen LogP contribution in [0.4, 0.5) is 0 Å². The molecule has 1 amide bonds. The van der Waals surface area contributed by atoms with Crippen molar-refractivity contribution in [3.63, 3.8) is 0 Å². The second-order valence-corrected chi connectivity index (χ2v) is 6.84. The van der Waals surface area contributed by atoms with Crippen molar-refractivity contribution in [2.24, 2.45) is 5.41 Å². The summed E-state index contributed by atoms with van der Waals surface area (Å²) in [6.07, 6.45) is 2.21. The lowest BCUT2D eigenvalue weighted by atomic mass is 9.80. The Balaban J connectivity index is 1.94. The first-order valence-electron chi connectivity index (χ1n) is 7.18. The summed E-state index contributed by atoms with van der Waals surface area (Å²) in [6, 6.07) is 1.82. The Morgan fingerprint density at radius 2 is 2.24 bits per heavy atom. The molecule has 0 unspecified atom stereocenters. The maximum atomic E-state index is 12.3. The van der Waals surface area contributed by atoms with Gasteiger partial charge in [0.15, 0.2) is 0 Å². The predicted octanol–water partition coefficient (Wildman–Crippen LogP) is 1.55. The van der Waals surface area contributed by atoms with Gasteiger partial charge >= 0.3 is 0 Å². The highest BCUT2D eigenvalue weighted by molar-refractivity contribution is 7.12. The minimum absolute atomic E-state index is 0.0626. The molecule has 1 aliphatic heterocycles. The van der Waals surface area contributed by atoms with Crippen LogP contribution >= 0.6 is 11.3 Å². The number of piperidine rings is 1. The van der Waals surface area contributed by atoms with Crippen LogP contribution < -0.4 is 5.32 Å². The smallest absolute Gasteiger partial charge is 0.262 e. The normalized spacial score (nSPS) is 17.9. The predicted molar refractivity (Wildman–Crippen MR) is 85.5 cm³/mol. The zero-order valence-electron chi connectivity index (χ0n) is 12.6. The molecule has 4 nitrogen and oxygen atoms in total. The number of carbonyl (C=O) groups is 1. The molecule has 0 aromatic carbocycles. The maximum absolute atomic E-state index is 12.3. The standard InChI is InChI=1S/C16H22N2O2S/c1-16(6-8-18(2)9-7-16)12-17-15(20)14-13(4-3-10-19)5-11-21-14/h5,11,19H,6-10,12H2,1-2H3,(H,17,20). The van der Waals surface area contributed by atoms with Gasteiger partial charge in [0.25, 0.3) is 5.91 Å². The number of hydrogen-bond acceptors (Lipinski definition) is 4. The Morgan fingerprint density at radius 3 is 2.90 bits per heavy atom. The average molecular weight is 306 g/mol. The van der Waals surface area contributed by atoms with E-state index in [4.69, 9.17) is 5.11 Å². The van der Waals surface area contributed by atoms with Crippen LogP contribution in [-0.4, -0.2) is 49.2 Å². The minimum Gasteiger partial charge on any atom is -0.384 e. The average Bonchev–Trinajstić information content (AvgIpc) is 2.95. The fourth-order valence-corrected chi connectivity index (χ4v) is 3.19. The molecular formula is C16H22N2O2S. The van der Waals surface area contributed by atoms with E-state index < -0.39 is 0 Å². The van der Waals surface area contributed by atoms with Crippen molar-refractivity contribution in [2.75, 3.05) is 33.3 Å². The van der Waals surface area contributed by atoms with Crippen molar-refractivity contribution in [3.8, 4) is 11.8 Å². The Kier molecular flexibility index (Phi) is 5.40. The molecule has 21 heavy (non-hydrogen) atoms. The van der Waals surface area contributed by atoms with Gasteiger partial charge in [-0.05, 0) is 49.8 Å². The first-order valence-corrected chi connectivity index (χ1v) is 8.06. The van der Waals surface area contributed by atoms with Crippen LogP contribution in [0.3, 0.4) is 0 Å². The highest BCUT2D eigenvalue weighted by Gasteiger charge is 2.29. The number of amides is 1. The second-order valence-electron chi connectivity index (χ2n) is 5.92. The molecule has 0 saturated carbocycles. The molecule has 1 aromatic rings. The molecule has 0 bridgehead atoms. The third kappa shape index (κ3) is 4.31. The van der Waals surface area contributed by atoms with E-state index in [-0.39, 0.29) is 17.9 Å². The van der Waals surface area contributed by atoms with E-state index in [0.29, 0.717) is 17.0 Å². The summed E-state index contributed by atoms with van der Waals surface area (Å²) >= 11 is 1.39. The summed E-state index contributed by atoms with van der Waals surface area (Å²) in [5, 5.41) is 13.7. The first kappa shape index (κ1) is 16.0. The Labute approximate surface area is 130 Å². The van der Waals surface area contributed by atoms with E-state index in [1.54, 1.807) is 0 Å². The lowest BCUT2D eigenvalue weighted by Crippen LogP contribution is -2.43. The van der Waals surface area contributed by atoms with Gasteiger partial charge < -0.3 is 15.3 Å². The van der Waals surface area contributed by atoms with E-state index in [2.05, 4.69) is 36.0 Å². The van der Waals surface area contributed by atoms with Crippen molar-refractivity contribution >= 4 is 17.2 Å². The van der Waals surface area contributed by atoms with E-state index in [1.165, 1.54) is 11.3 Å². The number of thiophene rings is 1. The summed E-state index contributed by atoms with van der Waals surface area (Å²) in [4.78, 5) is 15.3. The highest BCUT2D eigenvalue weighted by Crippen LogP contribution is 2.29. The van der Waals surface area contributed by atoms with E-state index in [0.717, 1.165) is 25.9 Å². The van der Waals surface area contributed by atoms with Gasteiger partial charge in [0.05, 0.1) is 0 Å². The number of carbonyl (C=O) groups excluding carboxylic acids is 1. The number of aliphatic hydroxyl groups excluding tert-OH is 1. The Bertz CT molecular complexity index is 548. The van der Waals surface area contributed by atoms with E-state index in [1.807, 2.05) is 11.4 Å². The van der Waals surface area contributed by atoms with Gasteiger partial charge in [0, 0.05) is 12.1 Å². The molecule has 0 spiro atoms. The topological polar surface area (TPSA) is 52.6 Å². The van der Waals surface area contributed by atoms with Gasteiger partial charge in [-0.1, -0.05) is 18.8 Å². The number of likely N-dealkylation sites (tertiary alicyclic amines) is 1. The lowest BCUT2D eigenvalue weighted by molar-refractivity contribution is 0.0895. The van der Waals surface area contributed by atoms with Crippen LogP contribution in [0.1, 0.15) is 35.0 Å². The van der Waals surface area contributed by atoms with Crippen LogP contribution in [0.2, 0.25) is 0 Å². The molecular weight excluding hydrogens is 284 g/mol. The number of nitrogens with zero attached hydrogens (tertiary/aromatic N) is 1. The molecule has 1 aliphatic rings. The second kappa shape index (κ2) is 7.08. The molecule has 1 fully saturated rings. The third-order valence-corrected chi connectivity index (χ3v) is 4.96. The van der Waals surface area contributed by atoms with Crippen LogP contribution in [0.15, 0.2) is 11.4 Å². The van der Waals surface area contributed by atoms with Crippen molar-refractivity contribution in [1.29, 1.82) is 0 Å². The molecule has 1 aromatic heterocycles. The molecule has 0 aliphatic carbocycles. The third-order valence-electron chi connectivity index (χ3n) is 4.04. The largest absolute Gasteiger partial charge is 0.384 e. The monoisotopic (exact) mass is 306 g/mol. The van der Waals surface area contributed by atoms with Gasteiger partial charge in [-0.25, -0.2) is 0 Å². The van der Waals surface area contributed by atoms with Gasteiger partial charge in [-0.15, -0.1) is 11.3 Å². The SMILES string of the molecule is CN1CCC(C)(CNC(=O)c2sccc2C#CCO)CC1. The minimum atomic E-state index is -0.192. The van der Waals surface area contributed by atoms with Crippen molar-refractivity contribution in [2.45, 2.75) is 19.8 Å². The molecule has 2 heterocycles. The van der Waals surface area contributed by atoms with Crippen LogP contribution in [0, 0.1) is 17.3 Å². The first-order chi connectivity index (χ1) is 10.0. The van der Waals surface area contributed by atoms with Crippen LogP contribution in [0.25, 0.3) is 0 Å². The highest BCUT2D eigenvalue weighted by atomic mass is 32.1. The molecule has 5 heteroatoms. The van der Waals surface area contributed by atoms with Crippen LogP contribution in [-0.2, 0) is 0 Å². The maximum Gasteiger partial charge on any atom is 0.262 e. The molecule has 2 rings (SSSR count). The van der Waals surface area contributed by atoms with Crippen molar-refractivity contribution in [3.05, 3.63) is 21.9 Å². The fourth-order valence-electron chi connectivity index (χ4n) is 2.43. The summed E-state index contributed by atoms with van der Waals surface area (Å²) in [5.74, 6) is 5.35. The fraction of sp³-hybridized carbons (Fsp3) is 0.562. The van der Waals surface area contributed by atoms with E-state index >= 15 is 0 Å². The molecule has 0 radical (unpaired) electrons. The van der Waals surface area contributed by atoms with Crippen molar-refractivity contribution in [1.82, 2.24) is 10.2 Å². The molecule has 0 atom stereocenters. The van der Waals surface area contributed by atoms with Gasteiger partial charge in [-0.2, -0.15) is 0 Å². The molecule has 2 N–H and O–H groups in total. The molecule has 114 valence electrons. The van der Waals surface area contributed by atoms with E-state index in [9.17, 15) is 4.79 Å². The lowest BCUT2D eigenvalue weighted by Gasteiger charge is -2.37. The Hall–Kier alpha value is -1.35. The Morgan fingerprint density at radius 1 is 1.52 bits per heavy atom. The number of rotatable bonds is 3. The van der Waals surface area contributed by atoms with Crippen LogP contribution in [0.5, 0.6) is 0 Å². The summed E-state index contributed by atoms with van der Waals surface area (Å²) in [7, 11) is 2.13. The van der Waals surface area contributed by atoms with Gasteiger partial charge in [-0.3, -0.25) is 4.79 Å². The number of hydrogen-bond donors (Lipinski definition) is 2. The summed E-state index contributed by atoms with van der Waals surface area (Å²) in [5.41, 5.74) is 0.871. The zero-order chi connectivity index (χ0) is 15.3. The van der Waals surface area contributed by atoms with Gasteiger partial charge in [0.1, 0.15) is 11.5 Å². The summed E-state index contributed by atoms with van der Waals surface area (Å²) in [6.45, 7) is 4.91. The van der Waals surface area contributed by atoms with Gasteiger partial charge in [0.2, 0.25) is 0 Å². The van der Waals surface area contributed by atoms with Crippen molar-refractivity contribution < 1.29 is 9.90 Å². The quantitative estimate of drug-likeness (QED) is 0.833. The zero-order valence-corrected chi connectivity index (χ0v) is 13.4. The number of aliphatic hydroxyl groups is 1.